The number of ether oxygens (including phenoxy) is 2. The van der Waals surface area contributed by atoms with E-state index in [1.807, 2.05) is 51.0 Å². The minimum absolute atomic E-state index is 0.0823. The van der Waals surface area contributed by atoms with Crippen molar-refractivity contribution < 1.29 is 24.2 Å². The van der Waals surface area contributed by atoms with Crippen molar-refractivity contribution in [1.29, 1.82) is 0 Å². The van der Waals surface area contributed by atoms with Crippen molar-refractivity contribution in [2.24, 2.45) is 0 Å². The number of benzene rings is 2. The first-order valence-electron chi connectivity index (χ1n) is 11.8. The van der Waals surface area contributed by atoms with Crippen molar-refractivity contribution in [1.82, 2.24) is 9.80 Å². The summed E-state index contributed by atoms with van der Waals surface area (Å²) in [4.78, 5) is 29.7. The van der Waals surface area contributed by atoms with Crippen LogP contribution in [-0.4, -0.2) is 67.0 Å². The average molecular weight is 479 g/mol. The molecule has 0 spiro atoms. The SMILES string of the molecule is C=CCOc1ccc(C2C(=C(O)c3ccc(OCCC)cc3C)C(=O)C(=O)N2CCN(C)C)cc1. The molecule has 1 atom stereocenters. The molecule has 1 aliphatic rings. The molecule has 3 rings (SSSR count). The molecule has 1 amide bonds. The number of aryl methyl sites for hydroxylation is 1. The second kappa shape index (κ2) is 11.7. The van der Waals surface area contributed by atoms with E-state index >= 15 is 0 Å². The number of amides is 1. The lowest BCUT2D eigenvalue weighted by Crippen LogP contribution is -2.35. The van der Waals surface area contributed by atoms with Crippen molar-refractivity contribution in [2.75, 3.05) is 40.4 Å². The number of Topliss-reactive ketones (excluding diaryl/α,β-unsaturated/α-hetero) is 1. The number of likely N-dealkylation sites (tertiary alicyclic amines) is 1. The van der Waals surface area contributed by atoms with Crippen LogP contribution in [0.4, 0.5) is 0 Å². The van der Waals surface area contributed by atoms with E-state index in [-0.39, 0.29) is 11.3 Å². The van der Waals surface area contributed by atoms with Gasteiger partial charge in [0.1, 0.15) is 23.9 Å². The third-order valence-electron chi connectivity index (χ3n) is 5.82. The average Bonchev–Trinajstić information content (AvgIpc) is 3.09. The number of ketones is 1. The molecular weight excluding hydrogens is 444 g/mol. The third-order valence-corrected chi connectivity index (χ3v) is 5.82. The summed E-state index contributed by atoms with van der Waals surface area (Å²) in [6.45, 7) is 9.41. The largest absolute Gasteiger partial charge is 0.507 e. The Balaban J connectivity index is 2.07. The number of rotatable bonds is 11. The summed E-state index contributed by atoms with van der Waals surface area (Å²) < 4.78 is 11.3. The molecule has 1 N–H and O–H groups in total. The Morgan fingerprint density at radius 3 is 2.40 bits per heavy atom. The van der Waals surface area contributed by atoms with E-state index < -0.39 is 17.7 Å². The van der Waals surface area contributed by atoms with E-state index in [0.717, 1.165) is 17.5 Å². The van der Waals surface area contributed by atoms with Crippen molar-refractivity contribution in [3.05, 3.63) is 77.4 Å². The van der Waals surface area contributed by atoms with Gasteiger partial charge in [0.2, 0.25) is 0 Å². The number of hydrogen-bond acceptors (Lipinski definition) is 6. The van der Waals surface area contributed by atoms with Gasteiger partial charge in [0, 0.05) is 18.7 Å². The van der Waals surface area contributed by atoms with Crippen LogP contribution in [-0.2, 0) is 9.59 Å². The normalized spacial score (nSPS) is 17.2. The fourth-order valence-corrected chi connectivity index (χ4v) is 4.02. The van der Waals surface area contributed by atoms with Gasteiger partial charge < -0.3 is 24.4 Å². The summed E-state index contributed by atoms with van der Waals surface area (Å²) in [5, 5.41) is 11.3. The Bertz CT molecular complexity index is 1100. The standard InChI is InChI=1S/C28H34N2O5/c1-6-16-34-21-10-8-20(9-11-21)25-24(27(32)28(33)30(25)15-14-29(4)5)26(31)23-13-12-22(18-19(23)3)35-17-7-2/h6,8-13,18,25,31H,1,7,14-17H2,2-5H3. The van der Waals surface area contributed by atoms with Crippen LogP contribution >= 0.6 is 0 Å². The highest BCUT2D eigenvalue weighted by molar-refractivity contribution is 6.46. The van der Waals surface area contributed by atoms with Gasteiger partial charge in [-0.3, -0.25) is 9.59 Å². The van der Waals surface area contributed by atoms with Crippen molar-refractivity contribution in [3.8, 4) is 11.5 Å². The van der Waals surface area contributed by atoms with Crippen molar-refractivity contribution in [2.45, 2.75) is 26.3 Å². The maximum absolute atomic E-state index is 13.2. The Hall–Kier alpha value is -3.58. The smallest absolute Gasteiger partial charge is 0.295 e. The molecule has 2 aromatic carbocycles. The zero-order valence-electron chi connectivity index (χ0n) is 20.9. The highest BCUT2D eigenvalue weighted by Crippen LogP contribution is 2.40. The van der Waals surface area contributed by atoms with Gasteiger partial charge in [-0.1, -0.05) is 31.7 Å². The predicted molar refractivity (Wildman–Crippen MR) is 137 cm³/mol. The van der Waals surface area contributed by atoms with Gasteiger partial charge in [-0.2, -0.15) is 0 Å². The lowest BCUT2D eigenvalue weighted by molar-refractivity contribution is -0.140. The number of aliphatic hydroxyl groups excluding tert-OH is 1. The Kier molecular flexibility index (Phi) is 8.71. The number of carbonyl (C=O) groups excluding carboxylic acids is 2. The molecule has 1 heterocycles. The van der Waals surface area contributed by atoms with Gasteiger partial charge in [-0.15, -0.1) is 0 Å². The molecule has 1 aliphatic heterocycles. The van der Waals surface area contributed by atoms with Gasteiger partial charge in [-0.05, 0) is 68.9 Å². The summed E-state index contributed by atoms with van der Waals surface area (Å²) >= 11 is 0. The van der Waals surface area contributed by atoms with E-state index in [4.69, 9.17) is 9.47 Å². The number of likely N-dealkylation sites (N-methyl/N-ethyl adjacent to an activating group) is 1. The molecular formula is C28H34N2O5. The molecule has 1 fully saturated rings. The molecule has 0 aliphatic carbocycles. The number of carbonyl (C=O) groups is 2. The first-order valence-corrected chi connectivity index (χ1v) is 11.8. The van der Waals surface area contributed by atoms with Crippen LogP contribution in [0.5, 0.6) is 11.5 Å². The van der Waals surface area contributed by atoms with E-state index in [1.54, 1.807) is 30.3 Å². The topological polar surface area (TPSA) is 79.3 Å². The zero-order valence-corrected chi connectivity index (χ0v) is 20.9. The molecule has 0 radical (unpaired) electrons. The van der Waals surface area contributed by atoms with Gasteiger partial charge >= 0.3 is 0 Å². The highest BCUT2D eigenvalue weighted by Gasteiger charge is 2.46. The summed E-state index contributed by atoms with van der Waals surface area (Å²) in [6.07, 6.45) is 2.54. The first-order chi connectivity index (χ1) is 16.8. The third kappa shape index (κ3) is 5.92. The molecule has 0 bridgehead atoms. The number of aliphatic hydroxyl groups is 1. The molecule has 186 valence electrons. The lowest BCUT2D eigenvalue weighted by Gasteiger charge is -2.26. The summed E-state index contributed by atoms with van der Waals surface area (Å²) in [6, 6.07) is 11.8. The second-order valence-electron chi connectivity index (χ2n) is 8.79. The molecule has 2 aromatic rings. The molecule has 7 heteroatoms. The van der Waals surface area contributed by atoms with Crippen LogP contribution in [0.3, 0.4) is 0 Å². The monoisotopic (exact) mass is 478 g/mol. The van der Waals surface area contributed by atoms with Crippen LogP contribution < -0.4 is 9.47 Å². The minimum atomic E-state index is -0.709. The van der Waals surface area contributed by atoms with Gasteiger partial charge in [0.05, 0.1) is 18.2 Å². The van der Waals surface area contributed by atoms with Crippen LogP contribution in [0.1, 0.15) is 36.1 Å². The van der Waals surface area contributed by atoms with Gasteiger partial charge in [0.25, 0.3) is 11.7 Å². The fraction of sp³-hybridized carbons (Fsp3) is 0.357. The Morgan fingerprint density at radius 2 is 1.80 bits per heavy atom. The quantitative estimate of drug-likeness (QED) is 0.224. The van der Waals surface area contributed by atoms with Crippen LogP contribution in [0.2, 0.25) is 0 Å². The Morgan fingerprint density at radius 1 is 1.11 bits per heavy atom. The molecule has 7 nitrogen and oxygen atoms in total. The van der Waals surface area contributed by atoms with Crippen molar-refractivity contribution >= 4 is 17.4 Å². The van der Waals surface area contributed by atoms with E-state index in [2.05, 4.69) is 6.58 Å². The predicted octanol–water partition coefficient (Wildman–Crippen LogP) is 4.33. The van der Waals surface area contributed by atoms with Crippen LogP contribution in [0.15, 0.2) is 60.7 Å². The zero-order chi connectivity index (χ0) is 25.5. The molecule has 35 heavy (non-hydrogen) atoms. The van der Waals surface area contributed by atoms with Crippen LogP contribution in [0, 0.1) is 6.92 Å². The number of hydrogen-bond donors (Lipinski definition) is 1. The number of nitrogens with zero attached hydrogens (tertiary/aromatic N) is 2. The second-order valence-corrected chi connectivity index (χ2v) is 8.79. The summed E-state index contributed by atoms with van der Waals surface area (Å²) in [7, 11) is 3.81. The minimum Gasteiger partial charge on any atom is -0.507 e. The van der Waals surface area contributed by atoms with Crippen LogP contribution in [0.25, 0.3) is 5.76 Å². The Labute approximate surface area is 207 Å². The summed E-state index contributed by atoms with van der Waals surface area (Å²) in [5.41, 5.74) is 2.05. The molecule has 0 aromatic heterocycles. The maximum atomic E-state index is 13.2. The molecule has 1 saturated heterocycles. The van der Waals surface area contributed by atoms with E-state index in [1.165, 1.54) is 4.90 Å². The van der Waals surface area contributed by atoms with E-state index in [0.29, 0.717) is 43.4 Å². The van der Waals surface area contributed by atoms with Gasteiger partial charge in [-0.25, -0.2) is 0 Å². The van der Waals surface area contributed by atoms with Gasteiger partial charge in [0.15, 0.2) is 0 Å². The lowest BCUT2D eigenvalue weighted by atomic mass is 9.94. The molecule has 1 unspecified atom stereocenters. The van der Waals surface area contributed by atoms with Crippen molar-refractivity contribution in [3.63, 3.8) is 0 Å². The first kappa shape index (κ1) is 26.0. The van der Waals surface area contributed by atoms with E-state index in [9.17, 15) is 14.7 Å². The fourth-order valence-electron chi connectivity index (χ4n) is 4.02. The summed E-state index contributed by atoms with van der Waals surface area (Å²) in [5.74, 6) is -0.154. The maximum Gasteiger partial charge on any atom is 0.295 e. The molecule has 0 saturated carbocycles. The highest BCUT2D eigenvalue weighted by atomic mass is 16.5.